The highest BCUT2D eigenvalue weighted by Crippen LogP contribution is 2.32. The number of rotatable bonds is 4. The molecule has 4 rings (SSSR count). The van der Waals surface area contributed by atoms with E-state index >= 15 is 0 Å². The smallest absolute Gasteiger partial charge is 0.308 e. The number of fused-ring (bicyclic) bond motifs is 2. The van der Waals surface area contributed by atoms with Gasteiger partial charge in [0.15, 0.2) is 9.81 Å². The minimum atomic E-state index is -0.379. The number of halogens is 2. The van der Waals surface area contributed by atoms with Gasteiger partial charge in [-0.25, -0.2) is 4.98 Å². The number of hydrogen-bond donors (Lipinski definition) is 0. The quantitative estimate of drug-likeness (QED) is 0.450. The first-order chi connectivity index (χ1) is 13.1. The third-order valence-electron chi connectivity index (χ3n) is 3.93. The summed E-state index contributed by atoms with van der Waals surface area (Å²) in [7, 11) is 1.62. The summed E-state index contributed by atoms with van der Waals surface area (Å²) in [6.07, 6.45) is 0. The van der Waals surface area contributed by atoms with Crippen molar-refractivity contribution < 1.29 is 9.53 Å². The lowest BCUT2D eigenvalue weighted by Gasteiger charge is -2.06. The molecule has 0 bridgehead atoms. The molecule has 27 heavy (non-hydrogen) atoms. The monoisotopic (exact) mass is 437 g/mol. The van der Waals surface area contributed by atoms with E-state index in [0.29, 0.717) is 33.0 Å². The Bertz CT molecular complexity index is 1190. The highest BCUT2D eigenvalue weighted by Gasteiger charge is 2.15. The van der Waals surface area contributed by atoms with E-state index in [0.717, 1.165) is 20.4 Å². The van der Waals surface area contributed by atoms with Crippen LogP contribution in [0.4, 0.5) is 0 Å². The average molecular weight is 438 g/mol. The van der Waals surface area contributed by atoms with Crippen LogP contribution in [0.5, 0.6) is 0 Å². The molecule has 0 aliphatic rings. The van der Waals surface area contributed by atoms with Gasteiger partial charge in [-0.1, -0.05) is 46.7 Å². The molecule has 0 unspecified atom stereocenters. The van der Waals surface area contributed by atoms with Crippen LogP contribution in [0.1, 0.15) is 9.80 Å². The van der Waals surface area contributed by atoms with Crippen molar-refractivity contribution >= 4 is 72.2 Å². The van der Waals surface area contributed by atoms with E-state index in [9.17, 15) is 4.79 Å². The number of nitrogens with zero attached hydrogens (tertiary/aromatic N) is 3. The topological polar surface area (TPSA) is 56.5 Å². The van der Waals surface area contributed by atoms with E-state index in [1.807, 2.05) is 34.9 Å². The van der Waals surface area contributed by atoms with Crippen molar-refractivity contribution in [3.8, 4) is 0 Å². The molecule has 4 aromatic rings. The molecule has 0 spiro atoms. The van der Waals surface area contributed by atoms with Crippen LogP contribution in [0.25, 0.3) is 20.4 Å². The van der Waals surface area contributed by atoms with Crippen LogP contribution in [0.3, 0.4) is 0 Å². The molecular formula is C18H13Cl2N3O2S2. The number of aromatic nitrogens is 2. The molecule has 2 aromatic carbocycles. The Morgan fingerprint density at radius 2 is 2.00 bits per heavy atom. The Hall–Kier alpha value is -1.77. The predicted octanol–water partition coefficient (Wildman–Crippen LogP) is 5.01. The van der Waals surface area contributed by atoms with Crippen molar-refractivity contribution in [1.29, 1.82) is 0 Å². The molecule has 0 fully saturated rings. The lowest BCUT2D eigenvalue weighted by molar-refractivity contribution is 0.0997. The standard InChI is InChI=1S/C18H13Cl2N3O2S2/c1-25-9-8-23-15-13(7-6-10(19)14(15)20)27-18(23)22-16(24)17-21-11-4-2-3-5-12(11)26-17/h2-7H,8-9H2,1H3. The van der Waals surface area contributed by atoms with Gasteiger partial charge in [-0.05, 0) is 24.3 Å². The van der Waals surface area contributed by atoms with E-state index < -0.39 is 0 Å². The number of carbonyl (C=O) groups excluding carboxylic acids is 1. The number of hydrogen-bond acceptors (Lipinski definition) is 5. The van der Waals surface area contributed by atoms with Crippen molar-refractivity contribution in [2.45, 2.75) is 6.54 Å². The molecule has 2 heterocycles. The first-order valence-electron chi connectivity index (χ1n) is 7.99. The molecule has 0 N–H and O–H groups in total. The van der Waals surface area contributed by atoms with Gasteiger partial charge in [0.05, 0.1) is 37.1 Å². The van der Waals surface area contributed by atoms with E-state index in [2.05, 4.69) is 9.98 Å². The van der Waals surface area contributed by atoms with Crippen LogP contribution in [0.2, 0.25) is 10.0 Å². The SMILES string of the molecule is COCCn1c(=NC(=O)c2nc3ccccc3s2)sc2ccc(Cl)c(Cl)c21. The molecule has 0 radical (unpaired) electrons. The Labute approximate surface area is 172 Å². The van der Waals surface area contributed by atoms with Gasteiger partial charge >= 0.3 is 5.91 Å². The van der Waals surface area contributed by atoms with Crippen molar-refractivity contribution in [2.75, 3.05) is 13.7 Å². The van der Waals surface area contributed by atoms with Gasteiger partial charge in [-0.15, -0.1) is 11.3 Å². The summed E-state index contributed by atoms with van der Waals surface area (Å²) in [4.78, 5) is 22.0. The normalized spacial score (nSPS) is 12.3. The molecule has 0 aliphatic carbocycles. The summed E-state index contributed by atoms with van der Waals surface area (Å²) in [5.74, 6) is -0.379. The van der Waals surface area contributed by atoms with Crippen LogP contribution in [0, 0.1) is 0 Å². The molecular weight excluding hydrogens is 425 g/mol. The van der Waals surface area contributed by atoms with Crippen LogP contribution >= 0.6 is 45.9 Å². The number of benzene rings is 2. The van der Waals surface area contributed by atoms with E-state index in [-0.39, 0.29) is 5.91 Å². The summed E-state index contributed by atoms with van der Waals surface area (Å²) >= 11 is 15.3. The van der Waals surface area contributed by atoms with Gasteiger partial charge < -0.3 is 9.30 Å². The van der Waals surface area contributed by atoms with Crippen LogP contribution in [0.15, 0.2) is 41.4 Å². The number of amides is 1. The zero-order valence-corrected chi connectivity index (χ0v) is 17.3. The highest BCUT2D eigenvalue weighted by molar-refractivity contribution is 7.20. The summed E-state index contributed by atoms with van der Waals surface area (Å²) < 4.78 is 8.91. The minimum absolute atomic E-state index is 0.357. The summed E-state index contributed by atoms with van der Waals surface area (Å²) in [5.41, 5.74) is 1.54. The molecule has 0 saturated heterocycles. The zero-order chi connectivity index (χ0) is 19.0. The molecule has 2 aromatic heterocycles. The fraction of sp³-hybridized carbons (Fsp3) is 0.167. The van der Waals surface area contributed by atoms with Crippen LogP contribution in [-0.4, -0.2) is 29.2 Å². The molecule has 0 saturated carbocycles. The first-order valence-corrected chi connectivity index (χ1v) is 10.4. The number of para-hydroxylation sites is 1. The molecule has 5 nitrogen and oxygen atoms in total. The number of ether oxygens (including phenoxy) is 1. The zero-order valence-electron chi connectivity index (χ0n) is 14.1. The van der Waals surface area contributed by atoms with Crippen LogP contribution < -0.4 is 4.80 Å². The predicted molar refractivity (Wildman–Crippen MR) is 111 cm³/mol. The lowest BCUT2D eigenvalue weighted by Crippen LogP contribution is -2.19. The largest absolute Gasteiger partial charge is 0.383 e. The molecule has 0 aliphatic heterocycles. The third-order valence-corrected chi connectivity index (χ3v) is 6.79. The summed E-state index contributed by atoms with van der Waals surface area (Å²) in [5, 5.41) is 1.25. The van der Waals surface area contributed by atoms with E-state index in [1.165, 1.54) is 22.7 Å². The Balaban J connectivity index is 1.86. The van der Waals surface area contributed by atoms with Crippen molar-refractivity contribution in [3.05, 3.63) is 56.3 Å². The van der Waals surface area contributed by atoms with Crippen LogP contribution in [-0.2, 0) is 11.3 Å². The highest BCUT2D eigenvalue weighted by atomic mass is 35.5. The Morgan fingerprint density at radius 1 is 1.19 bits per heavy atom. The van der Waals surface area contributed by atoms with Gasteiger partial charge in [0, 0.05) is 13.7 Å². The number of thiazole rings is 2. The Kier molecular flexibility index (Phi) is 5.29. The van der Waals surface area contributed by atoms with Gasteiger partial charge in [0.25, 0.3) is 0 Å². The van der Waals surface area contributed by atoms with E-state index in [1.54, 1.807) is 13.2 Å². The van der Waals surface area contributed by atoms with Gasteiger partial charge in [0.2, 0.25) is 0 Å². The van der Waals surface area contributed by atoms with Gasteiger partial charge in [-0.3, -0.25) is 4.79 Å². The fourth-order valence-corrected chi connectivity index (χ4v) is 5.07. The van der Waals surface area contributed by atoms with E-state index in [4.69, 9.17) is 27.9 Å². The summed E-state index contributed by atoms with van der Waals surface area (Å²) in [6, 6.07) is 11.2. The van der Waals surface area contributed by atoms with Crippen molar-refractivity contribution in [1.82, 2.24) is 9.55 Å². The fourth-order valence-electron chi connectivity index (χ4n) is 2.68. The second-order valence-electron chi connectivity index (χ2n) is 5.64. The maximum Gasteiger partial charge on any atom is 0.308 e. The third kappa shape index (κ3) is 3.53. The minimum Gasteiger partial charge on any atom is -0.383 e. The lowest BCUT2D eigenvalue weighted by atomic mass is 10.3. The molecule has 1 amide bonds. The maximum atomic E-state index is 12.7. The number of methoxy groups -OCH3 is 1. The Morgan fingerprint density at radius 3 is 2.78 bits per heavy atom. The number of carbonyl (C=O) groups is 1. The first kappa shape index (κ1) is 18.6. The second kappa shape index (κ2) is 7.69. The second-order valence-corrected chi connectivity index (χ2v) is 8.47. The molecule has 138 valence electrons. The maximum absolute atomic E-state index is 12.7. The summed E-state index contributed by atoms with van der Waals surface area (Å²) in [6.45, 7) is 0.958. The van der Waals surface area contributed by atoms with Gasteiger partial charge in [0.1, 0.15) is 0 Å². The van der Waals surface area contributed by atoms with Crippen molar-refractivity contribution in [3.63, 3.8) is 0 Å². The molecule has 0 atom stereocenters. The average Bonchev–Trinajstić information content (AvgIpc) is 3.25. The molecule has 9 heteroatoms. The van der Waals surface area contributed by atoms with Gasteiger partial charge in [-0.2, -0.15) is 4.99 Å². The van der Waals surface area contributed by atoms with Crippen molar-refractivity contribution in [2.24, 2.45) is 4.99 Å².